The Bertz CT molecular complexity index is 640. The van der Waals surface area contributed by atoms with Crippen molar-refractivity contribution in [3.63, 3.8) is 0 Å². The van der Waals surface area contributed by atoms with E-state index in [-0.39, 0.29) is 12.4 Å². The molecule has 25 heavy (non-hydrogen) atoms. The molecule has 0 spiro atoms. The quantitative estimate of drug-likeness (QED) is 0.608. The number of unbranched alkanes of at least 4 members (excludes halogenated alkanes) is 2. The third-order valence-corrected chi connectivity index (χ3v) is 3.80. The molecule has 1 saturated heterocycles. The van der Waals surface area contributed by atoms with Crippen molar-refractivity contribution in [3.05, 3.63) is 22.7 Å². The third kappa shape index (κ3) is 4.74. The number of ether oxygens (including phenoxy) is 2. The number of nitrogens with zero attached hydrogens (tertiary/aromatic N) is 2. The number of hydrogen-bond acceptors (Lipinski definition) is 7. The largest absolute Gasteiger partial charge is 0.449 e. The highest BCUT2D eigenvalue weighted by molar-refractivity contribution is 5.83. The van der Waals surface area contributed by atoms with Crippen LogP contribution in [-0.2, 0) is 9.47 Å². The number of anilines is 1. The maximum absolute atomic E-state index is 12.7. The number of alkyl halides is 1. The smallest absolute Gasteiger partial charge is 0.412 e. The molecule has 0 aromatic carbocycles. The van der Waals surface area contributed by atoms with Crippen molar-refractivity contribution in [2.24, 2.45) is 0 Å². The summed E-state index contributed by atoms with van der Waals surface area (Å²) < 4.78 is 23.7. The Hall–Kier alpha value is -2.04. The highest BCUT2D eigenvalue weighted by Gasteiger charge is 2.44. The van der Waals surface area contributed by atoms with Crippen molar-refractivity contribution in [3.8, 4) is 0 Å². The summed E-state index contributed by atoms with van der Waals surface area (Å²) in [6.45, 7) is 1.29. The number of carbonyl (C=O) groups excluding carboxylic acids is 1. The molecule has 4 atom stereocenters. The van der Waals surface area contributed by atoms with Gasteiger partial charge in [-0.1, -0.05) is 19.8 Å². The molecule has 1 fully saturated rings. The lowest BCUT2D eigenvalue weighted by Crippen LogP contribution is -2.36. The molecule has 0 bridgehead atoms. The minimum absolute atomic E-state index is 0.0307. The number of rotatable bonds is 7. The van der Waals surface area contributed by atoms with Crippen LogP contribution in [0, 0.1) is 0 Å². The Morgan fingerprint density at radius 3 is 2.80 bits per heavy atom. The van der Waals surface area contributed by atoms with Crippen molar-refractivity contribution in [2.45, 2.75) is 50.7 Å². The van der Waals surface area contributed by atoms with E-state index >= 15 is 0 Å². The van der Waals surface area contributed by atoms with E-state index in [0.717, 1.165) is 23.8 Å². The molecule has 3 N–H and O–H groups in total. The molecule has 0 unspecified atom stereocenters. The van der Waals surface area contributed by atoms with Gasteiger partial charge in [-0.2, -0.15) is 4.98 Å². The van der Waals surface area contributed by atoms with Crippen molar-refractivity contribution in [1.82, 2.24) is 9.55 Å². The molecule has 0 aliphatic carbocycles. The van der Waals surface area contributed by atoms with Gasteiger partial charge in [0, 0.05) is 6.20 Å². The molecule has 9 nitrogen and oxygen atoms in total. The lowest BCUT2D eigenvalue weighted by Gasteiger charge is -2.17. The van der Waals surface area contributed by atoms with E-state index in [0.29, 0.717) is 0 Å². The van der Waals surface area contributed by atoms with Gasteiger partial charge in [-0.05, 0) is 12.5 Å². The number of halogens is 1. The second kappa shape index (κ2) is 8.88. The molecule has 1 aliphatic heterocycles. The molecule has 2 rings (SSSR count). The number of amides is 1. The highest BCUT2D eigenvalue weighted by Crippen LogP contribution is 2.28. The molecular formula is C15H22FN3O6. The zero-order chi connectivity index (χ0) is 18.4. The summed E-state index contributed by atoms with van der Waals surface area (Å²) in [4.78, 5) is 27.3. The molecule has 0 saturated carbocycles. The molecule has 10 heteroatoms. The average molecular weight is 359 g/mol. The van der Waals surface area contributed by atoms with Gasteiger partial charge in [0.25, 0.3) is 0 Å². The van der Waals surface area contributed by atoms with E-state index in [1.807, 2.05) is 6.92 Å². The van der Waals surface area contributed by atoms with Crippen LogP contribution < -0.4 is 11.0 Å². The summed E-state index contributed by atoms with van der Waals surface area (Å²) in [6, 6.07) is 1.31. The first kappa shape index (κ1) is 19.3. The van der Waals surface area contributed by atoms with Crippen LogP contribution in [0.2, 0.25) is 0 Å². The fourth-order valence-electron chi connectivity index (χ4n) is 2.42. The standard InChI is InChI=1S/C15H22FN3O6/c1-2-3-4-7-24-15(23)18-10-5-6-19(14(22)17-10)13-12(21)11(20)9(8-16)25-13/h5-6,9,11-13,20-21H,2-4,7-8H2,1H3,(H,17,18,22,23)/t9-,11-,12-,13-/m1/s1. The Morgan fingerprint density at radius 2 is 2.20 bits per heavy atom. The van der Waals surface area contributed by atoms with Gasteiger partial charge in [-0.15, -0.1) is 0 Å². The summed E-state index contributed by atoms with van der Waals surface area (Å²) in [7, 11) is 0. The van der Waals surface area contributed by atoms with E-state index in [4.69, 9.17) is 9.47 Å². The predicted octanol–water partition coefficient (Wildman–Crippen LogP) is 0.571. The molecule has 1 amide bonds. The molecule has 0 radical (unpaired) electrons. The van der Waals surface area contributed by atoms with Crippen LogP contribution in [0.1, 0.15) is 32.4 Å². The fraction of sp³-hybridized carbons (Fsp3) is 0.667. The summed E-state index contributed by atoms with van der Waals surface area (Å²) in [5.41, 5.74) is -0.834. The first-order chi connectivity index (χ1) is 12.0. The van der Waals surface area contributed by atoms with Gasteiger partial charge in [0.15, 0.2) is 6.23 Å². The van der Waals surface area contributed by atoms with Crippen molar-refractivity contribution in [1.29, 1.82) is 0 Å². The van der Waals surface area contributed by atoms with Crippen LogP contribution >= 0.6 is 0 Å². The normalized spacial score (nSPS) is 25.8. The third-order valence-electron chi connectivity index (χ3n) is 3.80. The van der Waals surface area contributed by atoms with Crippen LogP contribution in [0.3, 0.4) is 0 Å². The van der Waals surface area contributed by atoms with E-state index < -0.39 is 43.0 Å². The number of carbonyl (C=O) groups is 1. The van der Waals surface area contributed by atoms with Gasteiger partial charge in [0.1, 0.15) is 30.8 Å². The summed E-state index contributed by atoms with van der Waals surface area (Å²) in [5.74, 6) is -0.0307. The maximum atomic E-state index is 12.7. The Morgan fingerprint density at radius 1 is 1.44 bits per heavy atom. The Labute approximate surface area is 143 Å². The molecule has 2 heterocycles. The van der Waals surface area contributed by atoms with Gasteiger partial charge in [-0.25, -0.2) is 14.0 Å². The minimum Gasteiger partial charge on any atom is -0.449 e. The Kier molecular flexibility index (Phi) is 6.85. The summed E-state index contributed by atoms with van der Waals surface area (Å²) in [5, 5.41) is 21.8. The first-order valence-corrected chi connectivity index (χ1v) is 8.08. The Balaban J connectivity index is 1.99. The first-order valence-electron chi connectivity index (χ1n) is 8.08. The summed E-state index contributed by atoms with van der Waals surface area (Å²) >= 11 is 0. The van der Waals surface area contributed by atoms with Crippen molar-refractivity contribution < 1.29 is 28.9 Å². The van der Waals surface area contributed by atoms with Gasteiger partial charge in [-0.3, -0.25) is 9.88 Å². The number of aliphatic hydroxyl groups is 2. The zero-order valence-corrected chi connectivity index (χ0v) is 13.8. The number of aromatic nitrogens is 2. The summed E-state index contributed by atoms with van der Waals surface area (Å²) in [6.07, 6.45) is -2.22. The predicted molar refractivity (Wildman–Crippen MR) is 84.9 cm³/mol. The van der Waals surface area contributed by atoms with E-state index in [1.165, 1.54) is 12.3 Å². The fourth-order valence-corrected chi connectivity index (χ4v) is 2.42. The molecular weight excluding hydrogens is 337 g/mol. The molecule has 1 aromatic rings. The topological polar surface area (TPSA) is 123 Å². The SMILES string of the molecule is CCCCCOC(=O)Nc1ccn([C@@H]2O[C@H](CF)[C@@H](O)[C@H]2O)c(=O)n1. The zero-order valence-electron chi connectivity index (χ0n) is 13.8. The van der Waals surface area contributed by atoms with Crippen LogP contribution in [0.5, 0.6) is 0 Å². The maximum Gasteiger partial charge on any atom is 0.412 e. The van der Waals surface area contributed by atoms with Gasteiger partial charge in [0.05, 0.1) is 6.61 Å². The van der Waals surface area contributed by atoms with E-state index in [2.05, 4.69) is 10.3 Å². The lowest BCUT2D eigenvalue weighted by molar-refractivity contribution is -0.0453. The molecule has 1 aliphatic rings. The second-order valence-corrected chi connectivity index (χ2v) is 5.67. The minimum atomic E-state index is -1.47. The van der Waals surface area contributed by atoms with Gasteiger partial charge < -0.3 is 19.7 Å². The monoisotopic (exact) mass is 359 g/mol. The van der Waals surface area contributed by atoms with Crippen molar-refractivity contribution in [2.75, 3.05) is 18.6 Å². The number of aliphatic hydroxyl groups excluding tert-OH is 2. The lowest BCUT2D eigenvalue weighted by atomic mass is 10.1. The number of hydrogen-bond donors (Lipinski definition) is 3. The highest BCUT2D eigenvalue weighted by atomic mass is 19.1. The van der Waals surface area contributed by atoms with Crippen LogP contribution in [-0.4, -0.2) is 57.5 Å². The van der Waals surface area contributed by atoms with Crippen LogP contribution in [0.4, 0.5) is 15.0 Å². The average Bonchev–Trinajstić information content (AvgIpc) is 2.87. The van der Waals surface area contributed by atoms with Gasteiger partial charge in [0.2, 0.25) is 0 Å². The molecule has 140 valence electrons. The second-order valence-electron chi connectivity index (χ2n) is 5.67. The van der Waals surface area contributed by atoms with Crippen LogP contribution in [0.15, 0.2) is 17.1 Å². The van der Waals surface area contributed by atoms with Crippen molar-refractivity contribution >= 4 is 11.9 Å². The number of nitrogens with one attached hydrogen (secondary N) is 1. The van der Waals surface area contributed by atoms with Gasteiger partial charge >= 0.3 is 11.8 Å². The van der Waals surface area contributed by atoms with E-state index in [9.17, 15) is 24.2 Å². The van der Waals surface area contributed by atoms with Crippen LogP contribution in [0.25, 0.3) is 0 Å². The molecule has 1 aromatic heterocycles. The van der Waals surface area contributed by atoms with E-state index in [1.54, 1.807) is 0 Å².